The highest BCUT2D eigenvalue weighted by atomic mass is 79.9. The lowest BCUT2D eigenvalue weighted by Gasteiger charge is -2.04. The molecule has 0 radical (unpaired) electrons. The van der Waals surface area contributed by atoms with Gasteiger partial charge in [-0.1, -0.05) is 0 Å². The highest BCUT2D eigenvalue weighted by Crippen LogP contribution is 2.32. The van der Waals surface area contributed by atoms with Gasteiger partial charge >= 0.3 is 5.97 Å². The Balaban J connectivity index is 2.33. The van der Waals surface area contributed by atoms with E-state index >= 15 is 0 Å². The number of benzene rings is 1. The summed E-state index contributed by atoms with van der Waals surface area (Å²) in [5.41, 5.74) is 6.76. The minimum atomic E-state index is -1.09. The van der Waals surface area contributed by atoms with Gasteiger partial charge in [-0.25, -0.2) is 4.98 Å². The van der Waals surface area contributed by atoms with Crippen LogP contribution in [0.5, 0.6) is 5.75 Å². The minimum absolute atomic E-state index is 0.361. The summed E-state index contributed by atoms with van der Waals surface area (Å²) in [6, 6.07) is 4.45. The number of nitrogens with two attached hydrogens (primary N) is 1. The summed E-state index contributed by atoms with van der Waals surface area (Å²) in [7, 11) is 1.59. The lowest BCUT2D eigenvalue weighted by Crippen LogP contribution is -2.20. The SMILES string of the molecule is COc1ccc(-c2nc(C(N)C(=O)O)cs2)cc1Br. The second-order valence-corrected chi connectivity index (χ2v) is 5.46. The zero-order chi connectivity index (χ0) is 14.0. The number of methoxy groups -OCH3 is 1. The minimum Gasteiger partial charge on any atom is -0.496 e. The van der Waals surface area contributed by atoms with E-state index in [4.69, 9.17) is 15.6 Å². The van der Waals surface area contributed by atoms with E-state index in [1.54, 1.807) is 12.5 Å². The van der Waals surface area contributed by atoms with Gasteiger partial charge in [0.05, 0.1) is 17.3 Å². The van der Waals surface area contributed by atoms with Crippen molar-refractivity contribution in [2.24, 2.45) is 5.73 Å². The number of nitrogens with zero attached hydrogens (tertiary/aromatic N) is 1. The molecule has 1 atom stereocenters. The first kappa shape index (κ1) is 14.0. The molecule has 0 fully saturated rings. The van der Waals surface area contributed by atoms with Crippen molar-refractivity contribution in [3.63, 3.8) is 0 Å². The fourth-order valence-electron chi connectivity index (χ4n) is 1.49. The number of thiazole rings is 1. The molecule has 2 aromatic rings. The molecule has 0 bridgehead atoms. The van der Waals surface area contributed by atoms with E-state index in [9.17, 15) is 4.79 Å². The molecule has 3 N–H and O–H groups in total. The van der Waals surface area contributed by atoms with Gasteiger partial charge in [0.1, 0.15) is 16.8 Å². The Kier molecular flexibility index (Phi) is 4.18. The first-order valence-electron chi connectivity index (χ1n) is 5.30. The highest BCUT2D eigenvalue weighted by molar-refractivity contribution is 9.10. The van der Waals surface area contributed by atoms with E-state index in [0.29, 0.717) is 5.69 Å². The second kappa shape index (κ2) is 5.68. The van der Waals surface area contributed by atoms with Gasteiger partial charge in [-0.05, 0) is 34.1 Å². The first-order chi connectivity index (χ1) is 9.02. The molecular weight excluding hydrogens is 332 g/mol. The Labute approximate surface area is 122 Å². The first-order valence-corrected chi connectivity index (χ1v) is 6.98. The van der Waals surface area contributed by atoms with Crippen molar-refractivity contribution in [2.45, 2.75) is 6.04 Å². The van der Waals surface area contributed by atoms with E-state index in [1.165, 1.54) is 11.3 Å². The van der Waals surface area contributed by atoms with Crippen molar-refractivity contribution in [3.8, 4) is 16.3 Å². The molecule has 0 spiro atoms. The Bertz CT molecular complexity index is 615. The Hall–Kier alpha value is -1.44. The zero-order valence-corrected chi connectivity index (χ0v) is 12.4. The molecule has 2 rings (SSSR count). The standard InChI is InChI=1S/C12H11BrN2O3S/c1-18-9-3-2-6(4-7(9)13)11-15-8(5-19-11)10(14)12(16)17/h2-5,10H,14H2,1H3,(H,16,17). The van der Waals surface area contributed by atoms with Crippen LogP contribution in [0.3, 0.4) is 0 Å². The summed E-state index contributed by atoms with van der Waals surface area (Å²) in [5.74, 6) is -0.365. The van der Waals surface area contributed by atoms with Crippen LogP contribution < -0.4 is 10.5 Å². The normalized spacial score (nSPS) is 12.2. The number of hydrogen-bond donors (Lipinski definition) is 2. The lowest BCUT2D eigenvalue weighted by molar-refractivity contribution is -0.138. The third kappa shape index (κ3) is 2.94. The molecule has 5 nitrogen and oxygen atoms in total. The molecular formula is C12H11BrN2O3S. The molecule has 7 heteroatoms. The number of rotatable bonds is 4. The molecule has 0 saturated carbocycles. The summed E-state index contributed by atoms with van der Waals surface area (Å²) in [5, 5.41) is 11.2. The number of carbonyl (C=O) groups is 1. The summed E-state index contributed by atoms with van der Waals surface area (Å²) in [6.07, 6.45) is 0. The Morgan fingerprint density at radius 1 is 1.58 bits per heavy atom. The molecule has 1 aromatic heterocycles. The Morgan fingerprint density at radius 3 is 2.89 bits per heavy atom. The maximum atomic E-state index is 10.8. The lowest BCUT2D eigenvalue weighted by atomic mass is 10.2. The van der Waals surface area contributed by atoms with Crippen molar-refractivity contribution in [3.05, 3.63) is 33.7 Å². The van der Waals surface area contributed by atoms with E-state index in [-0.39, 0.29) is 0 Å². The molecule has 0 aliphatic rings. The average Bonchev–Trinajstić information content (AvgIpc) is 2.87. The summed E-state index contributed by atoms with van der Waals surface area (Å²) < 4.78 is 5.96. The van der Waals surface area contributed by atoms with Crippen LogP contribution >= 0.6 is 27.3 Å². The number of hydrogen-bond acceptors (Lipinski definition) is 5. The molecule has 100 valence electrons. The number of halogens is 1. The monoisotopic (exact) mass is 342 g/mol. The van der Waals surface area contributed by atoms with E-state index < -0.39 is 12.0 Å². The predicted octanol–water partition coefficient (Wildman–Crippen LogP) is 2.67. The van der Waals surface area contributed by atoms with Crippen LogP contribution in [0, 0.1) is 0 Å². The van der Waals surface area contributed by atoms with Crippen molar-refractivity contribution in [1.82, 2.24) is 4.98 Å². The molecule has 1 unspecified atom stereocenters. The van der Waals surface area contributed by atoms with Gasteiger partial charge in [0.2, 0.25) is 0 Å². The van der Waals surface area contributed by atoms with Gasteiger partial charge in [0.15, 0.2) is 0 Å². The molecule has 0 saturated heterocycles. The maximum Gasteiger partial charge on any atom is 0.326 e. The molecule has 19 heavy (non-hydrogen) atoms. The Morgan fingerprint density at radius 2 is 2.32 bits per heavy atom. The van der Waals surface area contributed by atoms with Crippen LogP contribution in [0.25, 0.3) is 10.6 Å². The number of carboxylic acid groups (broad SMARTS) is 1. The largest absolute Gasteiger partial charge is 0.496 e. The van der Waals surface area contributed by atoms with E-state index in [1.807, 2.05) is 18.2 Å². The molecule has 0 aliphatic carbocycles. The number of aliphatic carboxylic acids is 1. The van der Waals surface area contributed by atoms with E-state index in [0.717, 1.165) is 20.8 Å². The third-order valence-corrected chi connectivity index (χ3v) is 4.03. The summed E-state index contributed by atoms with van der Waals surface area (Å²) in [4.78, 5) is 15.0. The van der Waals surface area contributed by atoms with Crippen LogP contribution in [-0.2, 0) is 4.79 Å². The van der Waals surface area contributed by atoms with Gasteiger partial charge < -0.3 is 15.6 Å². The molecule has 0 aliphatic heterocycles. The average molecular weight is 343 g/mol. The number of aromatic nitrogens is 1. The second-order valence-electron chi connectivity index (χ2n) is 3.74. The van der Waals surface area contributed by atoms with Crippen LogP contribution in [0.15, 0.2) is 28.1 Å². The molecule has 0 amide bonds. The smallest absolute Gasteiger partial charge is 0.326 e. The van der Waals surface area contributed by atoms with Crippen LogP contribution in [-0.4, -0.2) is 23.2 Å². The van der Waals surface area contributed by atoms with Crippen molar-refractivity contribution in [2.75, 3.05) is 7.11 Å². The van der Waals surface area contributed by atoms with Gasteiger partial charge in [-0.2, -0.15) is 0 Å². The van der Waals surface area contributed by atoms with Gasteiger partial charge in [0.25, 0.3) is 0 Å². The van der Waals surface area contributed by atoms with Crippen molar-refractivity contribution >= 4 is 33.2 Å². The summed E-state index contributed by atoms with van der Waals surface area (Å²) >= 11 is 4.75. The predicted molar refractivity (Wildman–Crippen MR) is 76.4 cm³/mol. The highest BCUT2D eigenvalue weighted by Gasteiger charge is 2.18. The van der Waals surface area contributed by atoms with E-state index in [2.05, 4.69) is 20.9 Å². The zero-order valence-electron chi connectivity index (χ0n) is 9.96. The maximum absolute atomic E-state index is 10.8. The van der Waals surface area contributed by atoms with Crippen molar-refractivity contribution < 1.29 is 14.6 Å². The van der Waals surface area contributed by atoms with Gasteiger partial charge in [-0.15, -0.1) is 11.3 Å². The van der Waals surface area contributed by atoms with Crippen molar-refractivity contribution in [1.29, 1.82) is 0 Å². The topological polar surface area (TPSA) is 85.4 Å². The third-order valence-electron chi connectivity index (χ3n) is 2.51. The summed E-state index contributed by atoms with van der Waals surface area (Å²) in [6.45, 7) is 0. The molecule has 1 heterocycles. The number of carboxylic acids is 1. The van der Waals surface area contributed by atoms with Crippen LogP contribution in [0.4, 0.5) is 0 Å². The van der Waals surface area contributed by atoms with Gasteiger partial charge in [0, 0.05) is 10.9 Å². The van der Waals surface area contributed by atoms with Gasteiger partial charge in [-0.3, -0.25) is 4.79 Å². The van der Waals surface area contributed by atoms with Crippen LogP contribution in [0.1, 0.15) is 11.7 Å². The quantitative estimate of drug-likeness (QED) is 0.891. The fraction of sp³-hybridized carbons (Fsp3) is 0.167. The fourth-order valence-corrected chi connectivity index (χ4v) is 2.88. The molecule has 1 aromatic carbocycles. The van der Waals surface area contributed by atoms with Crippen LogP contribution in [0.2, 0.25) is 0 Å². The number of ether oxygens (including phenoxy) is 1.